The molecule has 0 bridgehead atoms. The Balaban J connectivity index is 2.65. The van der Waals surface area contributed by atoms with Gasteiger partial charge in [-0.3, -0.25) is 4.79 Å². The number of aliphatic carboxylic acids is 1. The van der Waals surface area contributed by atoms with Crippen LogP contribution in [0, 0.1) is 5.92 Å². The normalized spacial score (nSPS) is 12.6. The van der Waals surface area contributed by atoms with Crippen molar-refractivity contribution in [3.8, 4) is 0 Å². The fourth-order valence-electron chi connectivity index (χ4n) is 1.92. The van der Waals surface area contributed by atoms with Crippen LogP contribution in [0.25, 0.3) is 6.08 Å². The highest BCUT2D eigenvalue weighted by Crippen LogP contribution is 2.16. The van der Waals surface area contributed by atoms with Crippen LogP contribution in [0.3, 0.4) is 0 Å². The molecule has 0 spiro atoms. The van der Waals surface area contributed by atoms with Crippen LogP contribution in [-0.2, 0) is 9.59 Å². The van der Waals surface area contributed by atoms with E-state index < -0.39 is 5.97 Å². The third kappa shape index (κ3) is 6.75. The largest absolute Gasteiger partial charge is 0.478 e. The Morgan fingerprint density at radius 1 is 1.29 bits per heavy atom. The zero-order valence-electron chi connectivity index (χ0n) is 12.8. The Kier molecular flexibility index (Phi) is 6.66. The first-order valence-electron chi connectivity index (χ1n) is 7.19. The highest BCUT2D eigenvalue weighted by atomic mass is 16.4. The number of rotatable bonds is 7. The minimum atomic E-state index is -0.976. The molecule has 0 saturated carbocycles. The summed E-state index contributed by atoms with van der Waals surface area (Å²) in [6, 6.07) is 7.39. The van der Waals surface area contributed by atoms with Gasteiger partial charge in [0.05, 0.1) is 6.04 Å². The van der Waals surface area contributed by atoms with Gasteiger partial charge in [0.2, 0.25) is 5.91 Å². The summed E-state index contributed by atoms with van der Waals surface area (Å²) in [4.78, 5) is 22.3. The fourth-order valence-corrected chi connectivity index (χ4v) is 1.92. The molecule has 0 aliphatic carbocycles. The van der Waals surface area contributed by atoms with Gasteiger partial charge in [0.15, 0.2) is 0 Å². The molecule has 0 aliphatic rings. The SMILES string of the molecule is CC(C)CCC(=O)NC(C)c1cccc(C=CC(=O)O)c1. The molecular weight excluding hydrogens is 266 g/mol. The van der Waals surface area contributed by atoms with Crippen molar-refractivity contribution in [1.82, 2.24) is 5.32 Å². The lowest BCUT2D eigenvalue weighted by Gasteiger charge is -2.15. The van der Waals surface area contributed by atoms with E-state index in [1.807, 2.05) is 31.2 Å². The molecule has 0 fully saturated rings. The van der Waals surface area contributed by atoms with E-state index in [1.54, 1.807) is 6.08 Å². The van der Waals surface area contributed by atoms with Gasteiger partial charge in [-0.15, -0.1) is 0 Å². The first kappa shape index (κ1) is 17.0. The molecule has 0 saturated heterocycles. The van der Waals surface area contributed by atoms with Crippen LogP contribution >= 0.6 is 0 Å². The molecule has 4 heteroatoms. The fraction of sp³-hybridized carbons (Fsp3) is 0.412. The van der Waals surface area contributed by atoms with Crippen molar-refractivity contribution >= 4 is 18.0 Å². The molecule has 1 aromatic rings. The van der Waals surface area contributed by atoms with E-state index in [0.29, 0.717) is 12.3 Å². The molecule has 1 unspecified atom stereocenters. The molecule has 0 aliphatic heterocycles. The maximum Gasteiger partial charge on any atom is 0.328 e. The van der Waals surface area contributed by atoms with Crippen molar-refractivity contribution in [2.45, 2.75) is 39.7 Å². The van der Waals surface area contributed by atoms with Gasteiger partial charge in [0.1, 0.15) is 0 Å². The number of nitrogens with one attached hydrogen (secondary N) is 1. The van der Waals surface area contributed by atoms with E-state index in [1.165, 1.54) is 0 Å². The lowest BCUT2D eigenvalue weighted by molar-refractivity contribution is -0.131. The summed E-state index contributed by atoms with van der Waals surface area (Å²) in [5, 5.41) is 11.6. The second-order valence-corrected chi connectivity index (χ2v) is 5.56. The van der Waals surface area contributed by atoms with Gasteiger partial charge in [-0.2, -0.15) is 0 Å². The van der Waals surface area contributed by atoms with E-state index in [4.69, 9.17) is 5.11 Å². The van der Waals surface area contributed by atoms with Crippen LogP contribution < -0.4 is 5.32 Å². The number of carboxylic acids is 1. The Morgan fingerprint density at radius 3 is 2.62 bits per heavy atom. The zero-order valence-corrected chi connectivity index (χ0v) is 12.8. The summed E-state index contributed by atoms with van der Waals surface area (Å²) < 4.78 is 0. The van der Waals surface area contributed by atoms with Gasteiger partial charge < -0.3 is 10.4 Å². The molecule has 1 rings (SSSR count). The quantitative estimate of drug-likeness (QED) is 0.756. The smallest absolute Gasteiger partial charge is 0.328 e. The Morgan fingerprint density at radius 2 is 2.00 bits per heavy atom. The highest BCUT2D eigenvalue weighted by molar-refractivity contribution is 5.85. The summed E-state index contributed by atoms with van der Waals surface area (Å²) in [6.07, 6.45) is 4.05. The minimum absolute atomic E-state index is 0.0441. The molecule has 21 heavy (non-hydrogen) atoms. The van der Waals surface area contributed by atoms with Gasteiger partial charge >= 0.3 is 5.97 Å². The first-order valence-corrected chi connectivity index (χ1v) is 7.19. The summed E-state index contributed by atoms with van der Waals surface area (Å²) in [5.74, 6) is -0.423. The van der Waals surface area contributed by atoms with Crippen LogP contribution in [0.4, 0.5) is 0 Å². The molecule has 4 nitrogen and oxygen atoms in total. The molecule has 1 aromatic carbocycles. The van der Waals surface area contributed by atoms with Crippen LogP contribution in [-0.4, -0.2) is 17.0 Å². The van der Waals surface area contributed by atoms with E-state index in [0.717, 1.165) is 23.6 Å². The molecule has 2 N–H and O–H groups in total. The van der Waals surface area contributed by atoms with Gasteiger partial charge in [0, 0.05) is 12.5 Å². The molecule has 1 atom stereocenters. The Labute approximate surface area is 125 Å². The number of carbonyl (C=O) groups is 2. The van der Waals surface area contributed by atoms with Gasteiger partial charge in [-0.1, -0.05) is 32.0 Å². The van der Waals surface area contributed by atoms with Crippen molar-refractivity contribution in [2.24, 2.45) is 5.92 Å². The predicted molar refractivity (Wildman–Crippen MR) is 83.7 cm³/mol. The van der Waals surface area contributed by atoms with E-state index in [-0.39, 0.29) is 11.9 Å². The van der Waals surface area contributed by atoms with Gasteiger partial charge in [0.25, 0.3) is 0 Å². The van der Waals surface area contributed by atoms with E-state index in [9.17, 15) is 9.59 Å². The van der Waals surface area contributed by atoms with Gasteiger partial charge in [-0.25, -0.2) is 4.79 Å². The van der Waals surface area contributed by atoms with Crippen molar-refractivity contribution in [2.75, 3.05) is 0 Å². The lowest BCUT2D eigenvalue weighted by Crippen LogP contribution is -2.26. The van der Waals surface area contributed by atoms with Crippen LogP contribution in [0.15, 0.2) is 30.3 Å². The predicted octanol–water partition coefficient (Wildman–Crippen LogP) is 3.40. The Hall–Kier alpha value is -2.10. The Bertz CT molecular complexity index is 521. The highest BCUT2D eigenvalue weighted by Gasteiger charge is 2.10. The standard InChI is InChI=1S/C17H23NO3/c1-12(2)7-9-16(19)18-13(3)15-6-4-5-14(11-15)8-10-17(20)21/h4-6,8,10-13H,7,9H2,1-3H3,(H,18,19)(H,20,21). The monoisotopic (exact) mass is 289 g/mol. The second-order valence-electron chi connectivity index (χ2n) is 5.56. The van der Waals surface area contributed by atoms with Crippen molar-refractivity contribution in [3.05, 3.63) is 41.5 Å². The summed E-state index contributed by atoms with van der Waals surface area (Å²) in [5.41, 5.74) is 1.76. The van der Waals surface area contributed by atoms with E-state index in [2.05, 4.69) is 19.2 Å². The molecule has 1 amide bonds. The molecule has 0 radical (unpaired) electrons. The molecule has 0 heterocycles. The van der Waals surface area contributed by atoms with E-state index >= 15 is 0 Å². The number of carbonyl (C=O) groups excluding carboxylic acids is 1. The van der Waals surface area contributed by atoms with Gasteiger partial charge in [-0.05, 0) is 42.5 Å². The lowest BCUT2D eigenvalue weighted by atomic mass is 10.0. The molecular formula is C17H23NO3. The maximum atomic E-state index is 11.8. The van der Waals surface area contributed by atoms with Crippen molar-refractivity contribution < 1.29 is 14.7 Å². The number of amides is 1. The molecule has 114 valence electrons. The van der Waals surface area contributed by atoms with Crippen LogP contribution in [0.2, 0.25) is 0 Å². The number of benzene rings is 1. The maximum absolute atomic E-state index is 11.8. The summed E-state index contributed by atoms with van der Waals surface area (Å²) in [7, 11) is 0. The van der Waals surface area contributed by atoms with Crippen molar-refractivity contribution in [3.63, 3.8) is 0 Å². The average molecular weight is 289 g/mol. The number of hydrogen-bond donors (Lipinski definition) is 2. The second kappa shape index (κ2) is 8.25. The van der Waals surface area contributed by atoms with Crippen LogP contribution in [0.5, 0.6) is 0 Å². The van der Waals surface area contributed by atoms with Crippen LogP contribution in [0.1, 0.15) is 50.8 Å². The number of hydrogen-bond acceptors (Lipinski definition) is 2. The third-order valence-electron chi connectivity index (χ3n) is 3.16. The first-order chi connectivity index (χ1) is 9.88. The summed E-state index contributed by atoms with van der Waals surface area (Å²) >= 11 is 0. The average Bonchev–Trinajstić information content (AvgIpc) is 2.43. The summed E-state index contributed by atoms with van der Waals surface area (Å²) in [6.45, 7) is 6.11. The zero-order chi connectivity index (χ0) is 15.8. The number of carboxylic acid groups (broad SMARTS) is 1. The van der Waals surface area contributed by atoms with Crippen molar-refractivity contribution in [1.29, 1.82) is 0 Å². The molecule has 0 aromatic heterocycles. The third-order valence-corrected chi connectivity index (χ3v) is 3.16. The minimum Gasteiger partial charge on any atom is -0.478 e. The topological polar surface area (TPSA) is 66.4 Å².